The molecule has 1 rings (SSSR count). The fourth-order valence-corrected chi connectivity index (χ4v) is 2.10. The van der Waals surface area contributed by atoms with E-state index in [1.54, 1.807) is 0 Å². The van der Waals surface area contributed by atoms with Crippen molar-refractivity contribution in [2.45, 2.75) is 45.8 Å². The first-order valence-corrected chi connectivity index (χ1v) is 6.18. The zero-order chi connectivity index (χ0) is 12.1. The second kappa shape index (κ2) is 6.21. The molecule has 0 aromatic carbocycles. The van der Waals surface area contributed by atoms with E-state index in [1.165, 1.54) is 0 Å². The van der Waals surface area contributed by atoms with Crippen molar-refractivity contribution in [2.75, 3.05) is 13.2 Å². The molecule has 0 aromatic heterocycles. The third-order valence-electron chi connectivity index (χ3n) is 3.29. The largest absolute Gasteiger partial charge is 0.376 e. The monoisotopic (exact) mass is 228 g/mol. The molecule has 0 saturated carbocycles. The molecule has 0 spiro atoms. The highest BCUT2D eigenvalue weighted by molar-refractivity contribution is 5.79. The Morgan fingerprint density at radius 3 is 2.62 bits per heavy atom. The van der Waals surface area contributed by atoms with E-state index in [4.69, 9.17) is 10.5 Å². The van der Waals surface area contributed by atoms with Crippen LogP contribution in [0.25, 0.3) is 0 Å². The average molecular weight is 228 g/mol. The van der Waals surface area contributed by atoms with Crippen LogP contribution in [0.1, 0.15) is 33.6 Å². The number of hydrogen-bond donors (Lipinski definition) is 2. The van der Waals surface area contributed by atoms with Crippen LogP contribution in [-0.2, 0) is 9.53 Å². The summed E-state index contributed by atoms with van der Waals surface area (Å²) in [7, 11) is 0. The molecule has 1 aliphatic rings. The van der Waals surface area contributed by atoms with Crippen LogP contribution in [0.4, 0.5) is 0 Å². The van der Waals surface area contributed by atoms with Gasteiger partial charge >= 0.3 is 0 Å². The quantitative estimate of drug-likeness (QED) is 0.735. The summed E-state index contributed by atoms with van der Waals surface area (Å²) in [5.74, 6) is 0.242. The minimum atomic E-state index is -0.0937. The summed E-state index contributed by atoms with van der Waals surface area (Å²) in [4.78, 5) is 11.9. The molecular formula is C12H24N2O2. The number of amides is 1. The van der Waals surface area contributed by atoms with Gasteiger partial charge in [0.15, 0.2) is 0 Å². The Morgan fingerprint density at radius 2 is 2.19 bits per heavy atom. The second-order valence-electron chi connectivity index (χ2n) is 4.93. The maximum Gasteiger partial charge on any atom is 0.224 e. The summed E-state index contributed by atoms with van der Waals surface area (Å²) in [5, 5.41) is 3.01. The molecule has 94 valence electrons. The molecule has 3 unspecified atom stereocenters. The van der Waals surface area contributed by atoms with Crippen LogP contribution in [0.15, 0.2) is 0 Å². The minimum Gasteiger partial charge on any atom is -0.376 e. The van der Waals surface area contributed by atoms with Gasteiger partial charge in [0.2, 0.25) is 5.91 Å². The van der Waals surface area contributed by atoms with Gasteiger partial charge in [-0.15, -0.1) is 0 Å². The van der Waals surface area contributed by atoms with Crippen LogP contribution in [0.3, 0.4) is 0 Å². The van der Waals surface area contributed by atoms with Crippen molar-refractivity contribution in [1.29, 1.82) is 0 Å². The van der Waals surface area contributed by atoms with Crippen molar-refractivity contribution in [3.05, 3.63) is 0 Å². The molecule has 3 atom stereocenters. The lowest BCUT2D eigenvalue weighted by Crippen LogP contribution is -2.46. The molecule has 1 aliphatic heterocycles. The van der Waals surface area contributed by atoms with E-state index in [0.717, 1.165) is 19.4 Å². The van der Waals surface area contributed by atoms with Crippen LogP contribution in [0, 0.1) is 11.8 Å². The highest BCUT2D eigenvalue weighted by Crippen LogP contribution is 2.16. The third-order valence-corrected chi connectivity index (χ3v) is 3.29. The van der Waals surface area contributed by atoms with Gasteiger partial charge in [-0.05, 0) is 25.7 Å². The molecule has 0 aromatic rings. The average Bonchev–Trinajstić information content (AvgIpc) is 2.70. The summed E-state index contributed by atoms with van der Waals surface area (Å²) in [6.45, 7) is 7.26. The Morgan fingerprint density at radius 1 is 1.50 bits per heavy atom. The summed E-state index contributed by atoms with van der Waals surface area (Å²) >= 11 is 0. The van der Waals surface area contributed by atoms with Crippen molar-refractivity contribution in [2.24, 2.45) is 17.6 Å². The molecule has 0 bridgehead atoms. The number of nitrogens with one attached hydrogen (secondary N) is 1. The standard InChI is InChI=1S/C12H24N2O2/c1-8(2)10(7-13)12(15)14-9(3)11-5-4-6-16-11/h8-11H,4-7,13H2,1-3H3,(H,14,15). The lowest BCUT2D eigenvalue weighted by atomic mass is 9.94. The maximum atomic E-state index is 11.9. The van der Waals surface area contributed by atoms with E-state index >= 15 is 0 Å². The van der Waals surface area contributed by atoms with Crippen LogP contribution < -0.4 is 11.1 Å². The van der Waals surface area contributed by atoms with Crippen LogP contribution in [0.2, 0.25) is 0 Å². The zero-order valence-corrected chi connectivity index (χ0v) is 10.5. The fourth-order valence-electron chi connectivity index (χ4n) is 2.10. The van der Waals surface area contributed by atoms with Gasteiger partial charge < -0.3 is 15.8 Å². The number of hydrogen-bond acceptors (Lipinski definition) is 3. The molecule has 4 nitrogen and oxygen atoms in total. The van der Waals surface area contributed by atoms with E-state index in [9.17, 15) is 4.79 Å². The van der Waals surface area contributed by atoms with Crippen molar-refractivity contribution < 1.29 is 9.53 Å². The van der Waals surface area contributed by atoms with Gasteiger partial charge in [0.25, 0.3) is 0 Å². The predicted octanol–water partition coefficient (Wildman–Crippen LogP) is 0.901. The lowest BCUT2D eigenvalue weighted by molar-refractivity contribution is -0.127. The molecule has 1 fully saturated rings. The van der Waals surface area contributed by atoms with Gasteiger partial charge in [-0.3, -0.25) is 4.79 Å². The van der Waals surface area contributed by atoms with Crippen LogP contribution in [-0.4, -0.2) is 31.2 Å². The molecule has 16 heavy (non-hydrogen) atoms. The first-order valence-electron chi connectivity index (χ1n) is 6.18. The highest BCUT2D eigenvalue weighted by atomic mass is 16.5. The fraction of sp³-hybridized carbons (Fsp3) is 0.917. The lowest BCUT2D eigenvalue weighted by Gasteiger charge is -2.24. The molecule has 0 radical (unpaired) electrons. The van der Waals surface area contributed by atoms with Crippen molar-refractivity contribution in [3.8, 4) is 0 Å². The molecular weight excluding hydrogens is 204 g/mol. The van der Waals surface area contributed by atoms with Crippen molar-refractivity contribution in [3.63, 3.8) is 0 Å². The van der Waals surface area contributed by atoms with Gasteiger partial charge in [0.1, 0.15) is 0 Å². The molecule has 3 N–H and O–H groups in total. The summed E-state index contributed by atoms with van der Waals surface area (Å²) in [6.07, 6.45) is 2.31. The van der Waals surface area contributed by atoms with Gasteiger partial charge in [0.05, 0.1) is 18.1 Å². The Hall–Kier alpha value is -0.610. The number of rotatable bonds is 5. The smallest absolute Gasteiger partial charge is 0.224 e. The number of nitrogens with two attached hydrogens (primary N) is 1. The molecule has 1 heterocycles. The van der Waals surface area contributed by atoms with Crippen LogP contribution in [0.5, 0.6) is 0 Å². The normalized spacial score (nSPS) is 24.4. The number of carbonyl (C=O) groups is 1. The van der Waals surface area contributed by atoms with Crippen molar-refractivity contribution in [1.82, 2.24) is 5.32 Å². The van der Waals surface area contributed by atoms with E-state index < -0.39 is 0 Å². The first-order chi connectivity index (χ1) is 7.56. The summed E-state index contributed by atoms with van der Waals surface area (Å²) < 4.78 is 5.54. The minimum absolute atomic E-state index is 0.0560. The van der Waals surface area contributed by atoms with Gasteiger partial charge in [-0.2, -0.15) is 0 Å². The molecule has 1 saturated heterocycles. The number of ether oxygens (including phenoxy) is 1. The maximum absolute atomic E-state index is 11.9. The van der Waals surface area contributed by atoms with Crippen molar-refractivity contribution >= 4 is 5.91 Å². The topological polar surface area (TPSA) is 64.4 Å². The van der Waals surface area contributed by atoms with E-state index in [-0.39, 0.29) is 29.9 Å². The Labute approximate surface area is 97.9 Å². The molecule has 1 amide bonds. The van der Waals surface area contributed by atoms with Gasteiger partial charge in [-0.25, -0.2) is 0 Å². The van der Waals surface area contributed by atoms with Gasteiger partial charge in [0, 0.05) is 13.2 Å². The predicted molar refractivity (Wildman–Crippen MR) is 64.0 cm³/mol. The Bertz CT molecular complexity index is 225. The molecule has 4 heteroatoms. The van der Waals surface area contributed by atoms with Gasteiger partial charge in [-0.1, -0.05) is 13.8 Å². The molecule has 0 aliphatic carbocycles. The highest BCUT2D eigenvalue weighted by Gasteiger charge is 2.27. The first kappa shape index (κ1) is 13.5. The zero-order valence-electron chi connectivity index (χ0n) is 10.5. The van der Waals surface area contributed by atoms with E-state index in [1.807, 2.05) is 20.8 Å². The summed E-state index contributed by atoms with van der Waals surface area (Å²) in [5.41, 5.74) is 5.61. The second-order valence-corrected chi connectivity index (χ2v) is 4.93. The van der Waals surface area contributed by atoms with Crippen LogP contribution >= 0.6 is 0 Å². The number of carbonyl (C=O) groups excluding carboxylic acids is 1. The third kappa shape index (κ3) is 3.46. The SMILES string of the molecule is CC(C)C(CN)C(=O)NC(C)C1CCCO1. The Balaban J connectivity index is 2.42. The Kier molecular flexibility index (Phi) is 5.22. The summed E-state index contributed by atoms with van der Waals surface area (Å²) in [6, 6.07) is 0.0859. The van der Waals surface area contributed by atoms with E-state index in [2.05, 4.69) is 5.32 Å². The van der Waals surface area contributed by atoms with E-state index in [0.29, 0.717) is 6.54 Å².